The lowest BCUT2D eigenvalue weighted by molar-refractivity contribution is -0.174. The van der Waals surface area contributed by atoms with Crippen molar-refractivity contribution in [3.05, 3.63) is 41.5 Å². The molecule has 0 spiro atoms. The van der Waals surface area contributed by atoms with Crippen molar-refractivity contribution in [1.29, 1.82) is 0 Å². The number of aryl methyl sites for hydroxylation is 1. The number of rotatable bonds is 21. The SMILES string of the molecule is CC(CO[C](CCCOCCCCCC(F)(F)F)c1ccccc1CCCCCOCC(F)(F)F)CC(F)(F)F. The van der Waals surface area contributed by atoms with Crippen LogP contribution in [0, 0.1) is 12.0 Å². The summed E-state index contributed by atoms with van der Waals surface area (Å²) in [5, 5.41) is 0. The minimum atomic E-state index is -4.36. The summed E-state index contributed by atoms with van der Waals surface area (Å²) in [6.45, 7) is 0.699. The molecule has 0 fully saturated rings. The Bertz CT molecular complexity index is 780. The maximum atomic E-state index is 12.8. The molecule has 0 aliphatic rings. The van der Waals surface area contributed by atoms with Gasteiger partial charge in [0.05, 0.1) is 6.61 Å². The van der Waals surface area contributed by atoms with Crippen LogP contribution < -0.4 is 0 Å². The third-order valence-corrected chi connectivity index (χ3v) is 5.88. The highest BCUT2D eigenvalue weighted by molar-refractivity contribution is 5.36. The van der Waals surface area contributed by atoms with Crippen LogP contribution in [0.1, 0.15) is 82.3 Å². The maximum absolute atomic E-state index is 12.8. The molecule has 0 bridgehead atoms. The fraction of sp³-hybridized carbons (Fsp3) is 0.750. The molecule has 0 aromatic heterocycles. The van der Waals surface area contributed by atoms with Crippen molar-refractivity contribution >= 4 is 0 Å². The van der Waals surface area contributed by atoms with E-state index in [0.717, 1.165) is 11.1 Å². The molecule has 0 saturated carbocycles. The van der Waals surface area contributed by atoms with Gasteiger partial charge in [0.1, 0.15) is 12.7 Å². The number of benzene rings is 1. The van der Waals surface area contributed by atoms with Crippen LogP contribution in [0.25, 0.3) is 0 Å². The Balaban J connectivity index is 2.60. The van der Waals surface area contributed by atoms with Crippen molar-refractivity contribution in [3.8, 4) is 0 Å². The van der Waals surface area contributed by atoms with Gasteiger partial charge in [0, 0.05) is 32.7 Å². The second-order valence-electron chi connectivity index (χ2n) is 9.94. The van der Waals surface area contributed by atoms with Gasteiger partial charge in [0.15, 0.2) is 0 Å². The van der Waals surface area contributed by atoms with Gasteiger partial charge in [0.2, 0.25) is 0 Å². The first-order valence-corrected chi connectivity index (χ1v) is 13.6. The Morgan fingerprint density at radius 1 is 0.700 bits per heavy atom. The first kappa shape index (κ1) is 36.5. The van der Waals surface area contributed by atoms with Crippen molar-refractivity contribution in [2.45, 2.75) is 96.1 Å². The number of unbranched alkanes of at least 4 members (excludes halogenated alkanes) is 4. The van der Waals surface area contributed by atoms with Crippen LogP contribution in [0.15, 0.2) is 24.3 Å². The standard InChI is InChI=1S/C28H40F9O3/c1-22(19-27(32,33)34)20-40-25(14-10-18-38-16-9-3-7-15-26(29,30)31)24-13-6-5-12-23(24)11-4-2-8-17-39-21-28(35,36)37/h5-6,12-13,22H,2-4,7-11,14-21H2,1H3. The van der Waals surface area contributed by atoms with E-state index in [9.17, 15) is 39.5 Å². The van der Waals surface area contributed by atoms with Gasteiger partial charge in [-0.1, -0.05) is 44.0 Å². The molecule has 1 rings (SSSR count). The summed E-state index contributed by atoms with van der Waals surface area (Å²) >= 11 is 0. The maximum Gasteiger partial charge on any atom is 0.411 e. The molecule has 1 aromatic carbocycles. The van der Waals surface area contributed by atoms with Crippen molar-refractivity contribution in [1.82, 2.24) is 0 Å². The van der Waals surface area contributed by atoms with Crippen LogP contribution in [0.2, 0.25) is 0 Å². The highest BCUT2D eigenvalue weighted by atomic mass is 19.4. The van der Waals surface area contributed by atoms with Crippen LogP contribution >= 0.6 is 0 Å². The largest absolute Gasteiger partial charge is 0.411 e. The molecule has 0 aliphatic carbocycles. The lowest BCUT2D eigenvalue weighted by Gasteiger charge is -2.23. The van der Waals surface area contributed by atoms with Gasteiger partial charge in [0.25, 0.3) is 0 Å². The highest BCUT2D eigenvalue weighted by Gasteiger charge is 2.31. The number of alkyl halides is 9. The van der Waals surface area contributed by atoms with E-state index in [2.05, 4.69) is 4.74 Å². The lowest BCUT2D eigenvalue weighted by Crippen LogP contribution is -2.19. The van der Waals surface area contributed by atoms with Gasteiger partial charge >= 0.3 is 18.5 Å². The zero-order valence-corrected chi connectivity index (χ0v) is 22.8. The Kier molecular flexibility index (Phi) is 17.2. The fourth-order valence-corrected chi connectivity index (χ4v) is 4.02. The Morgan fingerprint density at radius 3 is 1.98 bits per heavy atom. The minimum absolute atomic E-state index is 0.00106. The van der Waals surface area contributed by atoms with Gasteiger partial charge in [-0.2, -0.15) is 39.5 Å². The van der Waals surface area contributed by atoms with Gasteiger partial charge in [-0.05, 0) is 62.0 Å². The van der Waals surface area contributed by atoms with Crippen LogP contribution in [0.3, 0.4) is 0 Å². The first-order valence-electron chi connectivity index (χ1n) is 13.6. The van der Waals surface area contributed by atoms with E-state index < -0.39 is 43.9 Å². The second kappa shape index (κ2) is 18.8. The number of halogens is 9. The van der Waals surface area contributed by atoms with Gasteiger partial charge in [-0.25, -0.2) is 0 Å². The zero-order valence-electron chi connectivity index (χ0n) is 22.8. The Labute approximate surface area is 230 Å². The van der Waals surface area contributed by atoms with Crippen LogP contribution in [-0.2, 0) is 20.6 Å². The molecule has 233 valence electrons. The molecule has 0 saturated heterocycles. The summed E-state index contributed by atoms with van der Waals surface area (Å²) in [6, 6.07) is 7.34. The van der Waals surface area contributed by atoms with Crippen molar-refractivity contribution in [2.24, 2.45) is 5.92 Å². The molecule has 0 aliphatic heterocycles. The smallest absolute Gasteiger partial charge is 0.381 e. The molecular formula is C28H40F9O3. The Hall–Kier alpha value is -1.53. The van der Waals surface area contributed by atoms with E-state index in [1.165, 1.54) is 6.92 Å². The quantitative estimate of drug-likeness (QED) is 0.105. The van der Waals surface area contributed by atoms with E-state index in [1.807, 2.05) is 18.2 Å². The molecule has 1 unspecified atom stereocenters. The van der Waals surface area contributed by atoms with Gasteiger partial charge in [-0.3, -0.25) is 0 Å². The highest BCUT2D eigenvalue weighted by Crippen LogP contribution is 2.30. The molecule has 0 heterocycles. The molecule has 40 heavy (non-hydrogen) atoms. The fourth-order valence-electron chi connectivity index (χ4n) is 4.02. The third kappa shape index (κ3) is 20.4. The average Bonchev–Trinajstić information content (AvgIpc) is 2.82. The normalized spacial score (nSPS) is 13.8. The van der Waals surface area contributed by atoms with E-state index >= 15 is 0 Å². The molecule has 1 radical (unpaired) electrons. The van der Waals surface area contributed by atoms with E-state index in [4.69, 9.17) is 9.47 Å². The summed E-state index contributed by atoms with van der Waals surface area (Å²) < 4.78 is 127. The van der Waals surface area contributed by atoms with Gasteiger partial charge in [-0.15, -0.1) is 0 Å². The second-order valence-corrected chi connectivity index (χ2v) is 9.94. The summed E-state index contributed by atoms with van der Waals surface area (Å²) in [6.07, 6.45) is -9.83. The summed E-state index contributed by atoms with van der Waals surface area (Å²) in [5.41, 5.74) is 1.69. The first-order chi connectivity index (χ1) is 18.7. The molecule has 1 aromatic rings. The van der Waals surface area contributed by atoms with Crippen molar-refractivity contribution in [2.75, 3.05) is 33.0 Å². The van der Waals surface area contributed by atoms with E-state index in [-0.39, 0.29) is 19.6 Å². The minimum Gasteiger partial charge on any atom is -0.381 e. The van der Waals surface area contributed by atoms with E-state index in [1.54, 1.807) is 6.07 Å². The summed E-state index contributed by atoms with van der Waals surface area (Å²) in [7, 11) is 0. The van der Waals surface area contributed by atoms with Crippen molar-refractivity contribution in [3.63, 3.8) is 0 Å². The molecular weight excluding hydrogens is 555 g/mol. The van der Waals surface area contributed by atoms with Crippen LogP contribution in [0.4, 0.5) is 39.5 Å². The third-order valence-electron chi connectivity index (χ3n) is 5.88. The number of ether oxygens (including phenoxy) is 3. The topological polar surface area (TPSA) is 27.7 Å². The van der Waals surface area contributed by atoms with Crippen LogP contribution in [0.5, 0.6) is 0 Å². The van der Waals surface area contributed by atoms with Gasteiger partial charge < -0.3 is 14.2 Å². The molecule has 0 N–H and O–H groups in total. The summed E-state index contributed by atoms with van der Waals surface area (Å²) in [5.74, 6) is -0.758. The number of hydrogen-bond donors (Lipinski definition) is 0. The summed E-state index contributed by atoms with van der Waals surface area (Å²) in [4.78, 5) is 0. The average molecular weight is 596 g/mol. The lowest BCUT2D eigenvalue weighted by atomic mass is 9.95. The molecule has 1 atom stereocenters. The van der Waals surface area contributed by atoms with E-state index in [0.29, 0.717) is 70.7 Å². The Morgan fingerprint density at radius 2 is 1.32 bits per heavy atom. The molecule has 3 nitrogen and oxygen atoms in total. The monoisotopic (exact) mass is 595 g/mol. The number of hydrogen-bond acceptors (Lipinski definition) is 3. The van der Waals surface area contributed by atoms with Crippen LogP contribution in [-0.4, -0.2) is 51.6 Å². The predicted molar refractivity (Wildman–Crippen MR) is 134 cm³/mol. The van der Waals surface area contributed by atoms with Crippen molar-refractivity contribution < 1.29 is 53.7 Å². The zero-order chi connectivity index (χ0) is 30.1. The predicted octanol–water partition coefficient (Wildman–Crippen LogP) is 9.38. The molecule has 12 heteroatoms. The molecule has 0 amide bonds.